The van der Waals surface area contributed by atoms with E-state index in [4.69, 9.17) is 14.6 Å². The number of aliphatic hydroxyl groups is 1. The van der Waals surface area contributed by atoms with Gasteiger partial charge in [-0.05, 0) is 18.2 Å². The van der Waals surface area contributed by atoms with E-state index in [1.54, 1.807) is 11.3 Å². The van der Waals surface area contributed by atoms with E-state index in [-0.39, 0.29) is 6.61 Å². The van der Waals surface area contributed by atoms with Crippen molar-refractivity contribution in [2.75, 3.05) is 19.8 Å². The second kappa shape index (κ2) is 8.39. The first-order valence-corrected chi connectivity index (χ1v) is 7.19. The molecule has 0 spiro atoms. The van der Waals surface area contributed by atoms with Gasteiger partial charge in [0, 0.05) is 15.8 Å². The first-order valence-electron chi connectivity index (χ1n) is 6.31. The molecule has 3 nitrogen and oxygen atoms in total. The molecule has 0 radical (unpaired) electrons. The predicted octanol–water partition coefficient (Wildman–Crippen LogP) is 2.69. The zero-order valence-electron chi connectivity index (χ0n) is 11.0. The molecule has 0 aliphatic rings. The Balaban J connectivity index is 1.65. The van der Waals surface area contributed by atoms with E-state index in [9.17, 15) is 0 Å². The van der Waals surface area contributed by atoms with Gasteiger partial charge < -0.3 is 14.6 Å². The molecule has 0 unspecified atom stereocenters. The van der Waals surface area contributed by atoms with E-state index in [1.807, 2.05) is 41.8 Å². The highest BCUT2D eigenvalue weighted by Gasteiger charge is 1.98. The zero-order valence-corrected chi connectivity index (χ0v) is 11.9. The molecule has 0 saturated carbocycles. The molecule has 0 aliphatic carbocycles. The second-order valence-electron chi connectivity index (χ2n) is 3.98. The van der Waals surface area contributed by atoms with Gasteiger partial charge in [0.05, 0.1) is 13.2 Å². The molecule has 4 heteroatoms. The Morgan fingerprint density at radius 2 is 2.00 bits per heavy atom. The molecular formula is C16H16O3S. The molecule has 0 atom stereocenters. The standard InChI is InChI=1S/C16H16O3S/c17-8-4-5-14-11-16(20-13-14)12-18-9-10-19-15-6-2-1-3-7-15/h1-3,6-7,11,13,17H,8-10,12H2. The van der Waals surface area contributed by atoms with Gasteiger partial charge in [-0.25, -0.2) is 0 Å². The fourth-order valence-electron chi connectivity index (χ4n) is 1.57. The number of para-hydroxylation sites is 1. The number of hydrogen-bond donors (Lipinski definition) is 1. The third kappa shape index (κ3) is 5.06. The minimum absolute atomic E-state index is 0.113. The quantitative estimate of drug-likeness (QED) is 0.656. The minimum Gasteiger partial charge on any atom is -0.491 e. The van der Waals surface area contributed by atoms with E-state index in [2.05, 4.69) is 11.8 Å². The van der Waals surface area contributed by atoms with Crippen LogP contribution in [0.1, 0.15) is 10.4 Å². The fourth-order valence-corrected chi connectivity index (χ4v) is 2.32. The predicted molar refractivity (Wildman–Crippen MR) is 79.9 cm³/mol. The smallest absolute Gasteiger partial charge is 0.119 e. The van der Waals surface area contributed by atoms with Gasteiger partial charge in [-0.1, -0.05) is 30.0 Å². The molecule has 1 N–H and O–H groups in total. The summed E-state index contributed by atoms with van der Waals surface area (Å²) in [6, 6.07) is 11.7. The summed E-state index contributed by atoms with van der Waals surface area (Å²) >= 11 is 1.60. The number of rotatable bonds is 6. The number of aliphatic hydroxyl groups excluding tert-OH is 1. The first-order chi connectivity index (χ1) is 9.88. The fraction of sp³-hybridized carbons (Fsp3) is 0.250. The Kier molecular flexibility index (Phi) is 6.12. The highest BCUT2D eigenvalue weighted by molar-refractivity contribution is 7.10. The van der Waals surface area contributed by atoms with Gasteiger partial charge in [0.2, 0.25) is 0 Å². The molecule has 0 bridgehead atoms. The van der Waals surface area contributed by atoms with Crippen molar-refractivity contribution in [2.45, 2.75) is 6.61 Å². The third-order valence-electron chi connectivity index (χ3n) is 2.45. The summed E-state index contributed by atoms with van der Waals surface area (Å²) in [5.74, 6) is 6.35. The van der Waals surface area contributed by atoms with E-state index in [0.717, 1.165) is 16.2 Å². The van der Waals surface area contributed by atoms with Crippen LogP contribution in [0.15, 0.2) is 41.8 Å². The Hall–Kier alpha value is -1.80. The lowest BCUT2D eigenvalue weighted by Gasteiger charge is -2.06. The second-order valence-corrected chi connectivity index (χ2v) is 4.97. The van der Waals surface area contributed by atoms with Gasteiger partial charge in [-0.2, -0.15) is 0 Å². The summed E-state index contributed by atoms with van der Waals surface area (Å²) < 4.78 is 11.1. The molecule has 0 aliphatic heterocycles. The lowest BCUT2D eigenvalue weighted by atomic mass is 10.3. The van der Waals surface area contributed by atoms with Crippen molar-refractivity contribution in [1.82, 2.24) is 0 Å². The molecule has 20 heavy (non-hydrogen) atoms. The number of ether oxygens (including phenoxy) is 2. The highest BCUT2D eigenvalue weighted by Crippen LogP contribution is 2.15. The number of benzene rings is 1. The molecule has 1 heterocycles. The van der Waals surface area contributed by atoms with Gasteiger partial charge >= 0.3 is 0 Å². The third-order valence-corrected chi connectivity index (χ3v) is 3.36. The van der Waals surface area contributed by atoms with Gasteiger partial charge in [-0.3, -0.25) is 0 Å². The van der Waals surface area contributed by atoms with Crippen molar-refractivity contribution in [3.63, 3.8) is 0 Å². The average Bonchev–Trinajstić information content (AvgIpc) is 2.94. The monoisotopic (exact) mass is 288 g/mol. The maximum absolute atomic E-state index is 8.62. The molecule has 0 saturated heterocycles. The van der Waals surface area contributed by atoms with Gasteiger partial charge in [-0.15, -0.1) is 11.3 Å². The van der Waals surface area contributed by atoms with Gasteiger partial charge in [0.15, 0.2) is 0 Å². The van der Waals surface area contributed by atoms with Crippen LogP contribution in [-0.4, -0.2) is 24.9 Å². The van der Waals surface area contributed by atoms with E-state index >= 15 is 0 Å². The Labute approximate surface area is 122 Å². The first kappa shape index (κ1) is 14.6. The van der Waals surface area contributed by atoms with E-state index < -0.39 is 0 Å². The van der Waals surface area contributed by atoms with Crippen molar-refractivity contribution >= 4 is 11.3 Å². The number of hydrogen-bond acceptors (Lipinski definition) is 4. The van der Waals surface area contributed by atoms with Crippen LogP contribution >= 0.6 is 11.3 Å². The Bertz CT molecular complexity index is 566. The Morgan fingerprint density at radius 1 is 1.15 bits per heavy atom. The van der Waals surface area contributed by atoms with Crippen molar-refractivity contribution < 1.29 is 14.6 Å². The highest BCUT2D eigenvalue weighted by atomic mass is 32.1. The van der Waals surface area contributed by atoms with Crippen LogP contribution in [0.5, 0.6) is 5.75 Å². The SMILES string of the molecule is OCC#Cc1csc(COCCOc2ccccc2)c1. The maximum atomic E-state index is 8.62. The summed E-state index contributed by atoms with van der Waals surface area (Å²) in [4.78, 5) is 1.12. The minimum atomic E-state index is -0.113. The molecule has 1 aromatic carbocycles. The Morgan fingerprint density at radius 3 is 2.80 bits per heavy atom. The maximum Gasteiger partial charge on any atom is 0.119 e. The molecule has 2 rings (SSSR count). The molecule has 2 aromatic rings. The van der Waals surface area contributed by atoms with Crippen LogP contribution in [0.3, 0.4) is 0 Å². The van der Waals surface area contributed by atoms with Crippen LogP contribution in [0.2, 0.25) is 0 Å². The van der Waals surface area contributed by atoms with E-state index in [1.165, 1.54) is 0 Å². The summed E-state index contributed by atoms with van der Waals surface area (Å²) in [7, 11) is 0. The van der Waals surface area contributed by atoms with Crippen molar-refractivity contribution in [3.8, 4) is 17.6 Å². The number of thiophene rings is 1. The summed E-state index contributed by atoms with van der Waals surface area (Å²) in [5.41, 5.74) is 0.920. The van der Waals surface area contributed by atoms with Gasteiger partial charge in [0.1, 0.15) is 19.0 Å². The van der Waals surface area contributed by atoms with Crippen molar-refractivity contribution in [1.29, 1.82) is 0 Å². The van der Waals surface area contributed by atoms with Crippen LogP contribution in [0.4, 0.5) is 0 Å². The normalized spacial score (nSPS) is 9.85. The lowest BCUT2D eigenvalue weighted by Crippen LogP contribution is -2.06. The molecule has 1 aromatic heterocycles. The lowest BCUT2D eigenvalue weighted by molar-refractivity contribution is 0.0905. The zero-order chi connectivity index (χ0) is 14.0. The van der Waals surface area contributed by atoms with Crippen LogP contribution in [0, 0.1) is 11.8 Å². The summed E-state index contributed by atoms with van der Waals surface area (Å²) in [6.07, 6.45) is 0. The van der Waals surface area contributed by atoms with Gasteiger partial charge in [0.25, 0.3) is 0 Å². The molecular weight excluding hydrogens is 272 g/mol. The molecule has 104 valence electrons. The molecule has 0 amide bonds. The average molecular weight is 288 g/mol. The van der Waals surface area contributed by atoms with Crippen molar-refractivity contribution in [3.05, 3.63) is 52.2 Å². The summed E-state index contributed by atoms with van der Waals surface area (Å²) in [6.45, 7) is 1.53. The largest absolute Gasteiger partial charge is 0.491 e. The van der Waals surface area contributed by atoms with Crippen LogP contribution < -0.4 is 4.74 Å². The van der Waals surface area contributed by atoms with E-state index in [0.29, 0.717) is 19.8 Å². The van der Waals surface area contributed by atoms with Crippen LogP contribution in [0.25, 0.3) is 0 Å². The topological polar surface area (TPSA) is 38.7 Å². The summed E-state index contributed by atoms with van der Waals surface area (Å²) in [5, 5.41) is 10.6. The van der Waals surface area contributed by atoms with Crippen LogP contribution in [-0.2, 0) is 11.3 Å². The van der Waals surface area contributed by atoms with Crippen molar-refractivity contribution in [2.24, 2.45) is 0 Å². The molecule has 0 fully saturated rings.